The molecule has 1 aliphatic heterocycles. The summed E-state index contributed by atoms with van der Waals surface area (Å²) >= 11 is 0. The summed E-state index contributed by atoms with van der Waals surface area (Å²) in [7, 11) is 0. The fourth-order valence-electron chi connectivity index (χ4n) is 8.95. The number of rotatable bonds is 2. The highest BCUT2D eigenvalue weighted by atomic mass is 15.2. The number of para-hydroxylation sites is 5. The van der Waals surface area contributed by atoms with E-state index in [0.717, 1.165) is 5.69 Å². The van der Waals surface area contributed by atoms with Gasteiger partial charge in [-0.15, -0.1) is 0 Å². The Balaban J connectivity index is 1.26. The third-order valence-electron chi connectivity index (χ3n) is 11.0. The molecule has 0 bridgehead atoms. The van der Waals surface area contributed by atoms with Crippen LogP contribution in [0.25, 0.3) is 66.1 Å². The van der Waals surface area contributed by atoms with Crippen LogP contribution >= 0.6 is 0 Å². The van der Waals surface area contributed by atoms with Gasteiger partial charge in [0.2, 0.25) is 0 Å². The van der Waals surface area contributed by atoms with Gasteiger partial charge in [-0.3, -0.25) is 0 Å². The molecule has 0 radical (unpaired) electrons. The monoisotopic (exact) mass is 613 g/mol. The quantitative estimate of drug-likeness (QED) is 0.189. The lowest BCUT2D eigenvalue weighted by Crippen LogP contribution is -2.17. The Bertz CT molecular complexity index is 2810. The van der Waals surface area contributed by atoms with Crippen LogP contribution in [0, 0.1) is 0 Å². The molecule has 2 aliphatic rings. The van der Waals surface area contributed by atoms with Crippen molar-refractivity contribution in [2.75, 3.05) is 4.90 Å². The van der Waals surface area contributed by atoms with Crippen molar-refractivity contribution in [2.24, 2.45) is 0 Å². The van der Waals surface area contributed by atoms with Crippen LogP contribution < -0.4 is 4.90 Å². The summed E-state index contributed by atoms with van der Waals surface area (Å²) in [4.78, 5) is 2.42. The maximum absolute atomic E-state index is 2.54. The van der Waals surface area contributed by atoms with Gasteiger partial charge in [0.1, 0.15) is 0 Å². The fourth-order valence-corrected chi connectivity index (χ4v) is 8.95. The van der Waals surface area contributed by atoms with Crippen LogP contribution in [0.5, 0.6) is 0 Å². The van der Waals surface area contributed by atoms with Crippen molar-refractivity contribution in [3.05, 3.63) is 163 Å². The summed E-state index contributed by atoms with van der Waals surface area (Å²) in [6.45, 7) is 4.73. The van der Waals surface area contributed by atoms with Gasteiger partial charge in [-0.1, -0.05) is 111 Å². The van der Waals surface area contributed by atoms with E-state index < -0.39 is 0 Å². The molecule has 7 aromatic carbocycles. The molecule has 0 unspecified atom stereocenters. The maximum atomic E-state index is 2.54. The van der Waals surface area contributed by atoms with Crippen LogP contribution in [0.1, 0.15) is 25.0 Å². The summed E-state index contributed by atoms with van der Waals surface area (Å²) in [6, 6.07) is 56.0. The average Bonchev–Trinajstić information content (AvgIpc) is 3.73. The van der Waals surface area contributed by atoms with E-state index in [2.05, 4.69) is 180 Å². The number of anilines is 3. The number of hydrogen-bond donors (Lipinski definition) is 0. The van der Waals surface area contributed by atoms with E-state index in [4.69, 9.17) is 0 Å². The normalized spacial score (nSPS) is 14.2. The second kappa shape index (κ2) is 9.05. The van der Waals surface area contributed by atoms with Crippen LogP contribution in [0.15, 0.2) is 152 Å². The number of fused-ring (bicyclic) bond motifs is 12. The second-order valence-corrected chi connectivity index (χ2v) is 13.8. The highest BCUT2D eigenvalue weighted by Gasteiger charge is 2.36. The smallest absolute Gasteiger partial charge is 0.0783 e. The molecule has 0 saturated carbocycles. The lowest BCUT2D eigenvalue weighted by molar-refractivity contribution is 0.660. The molecule has 0 amide bonds. The topological polar surface area (TPSA) is 13.1 Å². The maximum Gasteiger partial charge on any atom is 0.0783 e. The lowest BCUT2D eigenvalue weighted by Gasteiger charge is -2.33. The third-order valence-corrected chi connectivity index (χ3v) is 11.0. The van der Waals surface area contributed by atoms with E-state index in [1.807, 2.05) is 0 Å². The molecule has 1 aliphatic carbocycles. The van der Waals surface area contributed by atoms with E-state index in [9.17, 15) is 0 Å². The van der Waals surface area contributed by atoms with Crippen molar-refractivity contribution in [2.45, 2.75) is 19.3 Å². The molecule has 9 aromatic rings. The highest BCUT2D eigenvalue weighted by Crippen LogP contribution is 2.52. The molecule has 2 aromatic heterocycles. The molecule has 3 nitrogen and oxygen atoms in total. The van der Waals surface area contributed by atoms with Gasteiger partial charge in [0.05, 0.1) is 39.1 Å². The predicted octanol–water partition coefficient (Wildman–Crippen LogP) is 12.0. The Kier molecular flexibility index (Phi) is 4.91. The zero-order valence-electron chi connectivity index (χ0n) is 26.8. The average molecular weight is 614 g/mol. The zero-order valence-corrected chi connectivity index (χ0v) is 26.8. The Hall–Kier alpha value is -6.06. The largest absolute Gasteiger partial charge is 0.309 e. The number of hydrogen-bond acceptors (Lipinski definition) is 1. The lowest BCUT2D eigenvalue weighted by atomic mass is 9.82. The van der Waals surface area contributed by atoms with Crippen LogP contribution in [0.3, 0.4) is 0 Å². The summed E-state index contributed by atoms with van der Waals surface area (Å²) in [6.07, 6.45) is 0. The standard InChI is InChI=1S/C45H31N3/c1-45(2)35-18-8-6-15-30(35)31-24-23-29(27-36(31)45)47-37-19-9-7-16-34(37)42-40(47)26-25-33-32-17-12-22-41-43(32)48(44(33)42)39-21-11-10-20-38(39)46(41)28-13-4-3-5-14-28/h3-27H,1-2H3. The van der Waals surface area contributed by atoms with Crippen LogP contribution in [0.4, 0.5) is 17.1 Å². The fraction of sp³-hybridized carbons (Fsp3) is 0.0667. The van der Waals surface area contributed by atoms with Crippen molar-refractivity contribution < 1.29 is 0 Å². The highest BCUT2D eigenvalue weighted by molar-refractivity contribution is 6.28. The molecule has 3 heteroatoms. The third kappa shape index (κ3) is 3.14. The summed E-state index contributed by atoms with van der Waals surface area (Å²) in [5.41, 5.74) is 16.3. The van der Waals surface area contributed by atoms with Gasteiger partial charge in [-0.05, 0) is 76.9 Å². The first kappa shape index (κ1) is 26.1. The molecule has 0 spiro atoms. The van der Waals surface area contributed by atoms with Gasteiger partial charge >= 0.3 is 0 Å². The summed E-state index contributed by atoms with van der Waals surface area (Å²) in [5.74, 6) is 0. The first-order chi connectivity index (χ1) is 23.6. The Morgan fingerprint density at radius 3 is 2.00 bits per heavy atom. The van der Waals surface area contributed by atoms with Crippen molar-refractivity contribution >= 4 is 60.7 Å². The van der Waals surface area contributed by atoms with Gasteiger partial charge in [0.25, 0.3) is 0 Å². The van der Waals surface area contributed by atoms with E-state index in [1.165, 1.54) is 88.6 Å². The van der Waals surface area contributed by atoms with E-state index >= 15 is 0 Å². The van der Waals surface area contributed by atoms with Gasteiger partial charge in [-0.2, -0.15) is 0 Å². The number of nitrogens with zero attached hydrogens (tertiary/aromatic N) is 3. The molecule has 3 heterocycles. The molecular formula is C45H31N3. The molecule has 226 valence electrons. The van der Waals surface area contributed by atoms with Crippen molar-refractivity contribution in [3.63, 3.8) is 0 Å². The predicted molar refractivity (Wildman–Crippen MR) is 201 cm³/mol. The Morgan fingerprint density at radius 1 is 0.417 bits per heavy atom. The van der Waals surface area contributed by atoms with Gasteiger partial charge < -0.3 is 14.0 Å². The van der Waals surface area contributed by atoms with E-state index in [-0.39, 0.29) is 5.41 Å². The number of benzene rings is 7. The minimum absolute atomic E-state index is 0.0673. The SMILES string of the molecule is CC1(C)c2ccccc2-c2ccc(-n3c4ccccc4c4c3ccc3c5cccc6c5n(c34)-c3ccccc3N6c3ccccc3)cc21. The molecule has 0 N–H and O–H groups in total. The minimum atomic E-state index is -0.0673. The Morgan fingerprint density at radius 2 is 1.10 bits per heavy atom. The summed E-state index contributed by atoms with van der Waals surface area (Å²) in [5, 5.41) is 5.10. The minimum Gasteiger partial charge on any atom is -0.309 e. The molecular weight excluding hydrogens is 583 g/mol. The van der Waals surface area contributed by atoms with Gasteiger partial charge in [0.15, 0.2) is 0 Å². The van der Waals surface area contributed by atoms with Crippen LogP contribution in [-0.2, 0) is 5.41 Å². The number of aromatic nitrogens is 2. The van der Waals surface area contributed by atoms with Crippen LogP contribution in [-0.4, -0.2) is 9.13 Å². The first-order valence-electron chi connectivity index (χ1n) is 16.8. The molecule has 0 saturated heterocycles. The first-order valence-corrected chi connectivity index (χ1v) is 16.8. The second-order valence-electron chi connectivity index (χ2n) is 13.8. The van der Waals surface area contributed by atoms with Crippen LogP contribution in [0.2, 0.25) is 0 Å². The van der Waals surface area contributed by atoms with Crippen molar-refractivity contribution in [1.29, 1.82) is 0 Å². The Labute approximate surface area is 278 Å². The van der Waals surface area contributed by atoms with Crippen molar-refractivity contribution in [1.82, 2.24) is 9.13 Å². The molecule has 0 atom stereocenters. The van der Waals surface area contributed by atoms with Gasteiger partial charge in [0, 0.05) is 38.3 Å². The summed E-state index contributed by atoms with van der Waals surface area (Å²) < 4.78 is 5.02. The molecule has 48 heavy (non-hydrogen) atoms. The zero-order chi connectivity index (χ0) is 31.7. The molecule has 11 rings (SSSR count). The van der Waals surface area contributed by atoms with E-state index in [1.54, 1.807) is 0 Å². The van der Waals surface area contributed by atoms with Gasteiger partial charge in [-0.25, -0.2) is 0 Å². The van der Waals surface area contributed by atoms with Crippen molar-refractivity contribution in [3.8, 4) is 22.5 Å². The molecule has 0 fully saturated rings. The van der Waals surface area contributed by atoms with E-state index in [0.29, 0.717) is 0 Å².